The standard InChI is InChI=1S/C12H19NO3/c1-4-8(3)13-11(14)9-5-7(2)6-10(9)12(15)16/h4,7-10H,1,5-6H2,2-3H3,(H,13,14)(H,15,16)/t7?,8?,9-,10+/m0/s1. The van der Waals surface area contributed by atoms with E-state index in [0.717, 1.165) is 0 Å². The molecule has 0 heterocycles. The van der Waals surface area contributed by atoms with Gasteiger partial charge in [-0.2, -0.15) is 0 Å². The Kier molecular flexibility index (Phi) is 4.10. The molecule has 1 fully saturated rings. The van der Waals surface area contributed by atoms with Crippen molar-refractivity contribution in [1.29, 1.82) is 0 Å². The normalized spacial score (nSPS) is 30.8. The number of hydrogen-bond donors (Lipinski definition) is 2. The Morgan fingerprint density at radius 3 is 2.50 bits per heavy atom. The van der Waals surface area contributed by atoms with E-state index < -0.39 is 17.8 Å². The Morgan fingerprint density at radius 2 is 2.00 bits per heavy atom. The Balaban J connectivity index is 2.66. The number of nitrogens with one attached hydrogen (secondary N) is 1. The van der Waals surface area contributed by atoms with Gasteiger partial charge in [0.25, 0.3) is 0 Å². The third-order valence-corrected chi connectivity index (χ3v) is 3.18. The van der Waals surface area contributed by atoms with Crippen molar-refractivity contribution in [2.24, 2.45) is 17.8 Å². The average Bonchev–Trinajstić information content (AvgIpc) is 2.60. The van der Waals surface area contributed by atoms with Crippen LogP contribution in [0.5, 0.6) is 0 Å². The van der Waals surface area contributed by atoms with E-state index in [0.29, 0.717) is 18.8 Å². The lowest BCUT2D eigenvalue weighted by molar-refractivity contribution is -0.146. The fourth-order valence-electron chi connectivity index (χ4n) is 2.24. The summed E-state index contributed by atoms with van der Waals surface area (Å²) in [6, 6.07) is -0.113. The number of rotatable bonds is 4. The number of aliphatic carboxylic acids is 1. The predicted octanol–water partition coefficient (Wildman–Crippen LogP) is 1.42. The molecule has 0 aromatic heterocycles. The molecule has 1 saturated carbocycles. The second kappa shape index (κ2) is 5.14. The van der Waals surface area contributed by atoms with E-state index in [1.807, 2.05) is 13.8 Å². The number of carbonyl (C=O) groups is 2. The molecule has 90 valence electrons. The average molecular weight is 225 g/mol. The highest BCUT2D eigenvalue weighted by Gasteiger charge is 2.41. The lowest BCUT2D eigenvalue weighted by atomic mass is 9.95. The van der Waals surface area contributed by atoms with Crippen LogP contribution in [0.25, 0.3) is 0 Å². The predicted molar refractivity (Wildman–Crippen MR) is 60.8 cm³/mol. The Hall–Kier alpha value is -1.32. The summed E-state index contributed by atoms with van der Waals surface area (Å²) in [6.07, 6.45) is 2.88. The summed E-state index contributed by atoms with van der Waals surface area (Å²) in [5, 5.41) is 11.8. The molecule has 0 bridgehead atoms. The van der Waals surface area contributed by atoms with Gasteiger partial charge in [-0.15, -0.1) is 6.58 Å². The van der Waals surface area contributed by atoms with E-state index in [9.17, 15) is 9.59 Å². The molecular weight excluding hydrogens is 206 g/mol. The molecule has 0 spiro atoms. The van der Waals surface area contributed by atoms with Crippen molar-refractivity contribution >= 4 is 11.9 Å². The summed E-state index contributed by atoms with van der Waals surface area (Å²) in [5.74, 6) is -1.65. The molecule has 0 aromatic rings. The molecule has 16 heavy (non-hydrogen) atoms. The summed E-state index contributed by atoms with van der Waals surface area (Å²) in [6.45, 7) is 7.38. The number of carboxylic acid groups (broad SMARTS) is 1. The molecule has 4 atom stereocenters. The Morgan fingerprint density at radius 1 is 1.44 bits per heavy atom. The van der Waals surface area contributed by atoms with Crippen LogP contribution in [0.3, 0.4) is 0 Å². The van der Waals surface area contributed by atoms with E-state index in [-0.39, 0.29) is 11.9 Å². The summed E-state index contributed by atoms with van der Waals surface area (Å²) in [4.78, 5) is 22.9. The second-order valence-electron chi connectivity index (χ2n) is 4.66. The number of hydrogen-bond acceptors (Lipinski definition) is 2. The summed E-state index contributed by atoms with van der Waals surface area (Å²) in [7, 11) is 0. The first-order valence-corrected chi connectivity index (χ1v) is 5.61. The molecule has 1 amide bonds. The maximum absolute atomic E-state index is 11.9. The number of carboxylic acids is 1. The monoisotopic (exact) mass is 225 g/mol. The van der Waals surface area contributed by atoms with Gasteiger partial charge < -0.3 is 10.4 Å². The van der Waals surface area contributed by atoms with Crippen LogP contribution in [0.2, 0.25) is 0 Å². The molecule has 1 rings (SSSR count). The van der Waals surface area contributed by atoms with Crippen LogP contribution in [-0.4, -0.2) is 23.0 Å². The van der Waals surface area contributed by atoms with Crippen molar-refractivity contribution in [3.8, 4) is 0 Å². The highest BCUT2D eigenvalue weighted by atomic mass is 16.4. The van der Waals surface area contributed by atoms with Gasteiger partial charge in [0, 0.05) is 6.04 Å². The first-order valence-electron chi connectivity index (χ1n) is 5.61. The molecule has 2 N–H and O–H groups in total. The SMILES string of the molecule is C=CC(C)NC(=O)[C@H]1CC(C)C[C@H]1C(=O)O. The molecular formula is C12H19NO3. The van der Waals surface area contributed by atoms with Gasteiger partial charge in [0.15, 0.2) is 0 Å². The maximum Gasteiger partial charge on any atom is 0.307 e. The molecule has 0 saturated heterocycles. The van der Waals surface area contributed by atoms with E-state index in [4.69, 9.17) is 5.11 Å². The van der Waals surface area contributed by atoms with Crippen LogP contribution in [0.4, 0.5) is 0 Å². The molecule has 2 unspecified atom stereocenters. The third kappa shape index (κ3) is 2.84. The minimum atomic E-state index is -0.865. The highest BCUT2D eigenvalue weighted by Crippen LogP contribution is 2.36. The van der Waals surface area contributed by atoms with Crippen LogP contribution in [0.15, 0.2) is 12.7 Å². The highest BCUT2D eigenvalue weighted by molar-refractivity contribution is 5.85. The van der Waals surface area contributed by atoms with Crippen LogP contribution < -0.4 is 5.32 Å². The first kappa shape index (κ1) is 12.7. The minimum absolute atomic E-state index is 0.113. The number of amides is 1. The van der Waals surface area contributed by atoms with Gasteiger partial charge in [0.1, 0.15) is 0 Å². The maximum atomic E-state index is 11.9. The van der Waals surface area contributed by atoms with Gasteiger partial charge in [-0.25, -0.2) is 0 Å². The Labute approximate surface area is 95.7 Å². The third-order valence-electron chi connectivity index (χ3n) is 3.18. The quantitative estimate of drug-likeness (QED) is 0.711. The zero-order valence-electron chi connectivity index (χ0n) is 9.77. The lowest BCUT2D eigenvalue weighted by Gasteiger charge is -2.17. The largest absolute Gasteiger partial charge is 0.481 e. The van der Waals surface area contributed by atoms with Crippen LogP contribution >= 0.6 is 0 Å². The van der Waals surface area contributed by atoms with Crippen LogP contribution in [0.1, 0.15) is 26.7 Å². The fraction of sp³-hybridized carbons (Fsp3) is 0.667. The topological polar surface area (TPSA) is 66.4 Å². The van der Waals surface area contributed by atoms with Crippen molar-refractivity contribution in [3.05, 3.63) is 12.7 Å². The van der Waals surface area contributed by atoms with E-state index in [1.165, 1.54) is 0 Å². The van der Waals surface area contributed by atoms with Gasteiger partial charge in [-0.3, -0.25) is 9.59 Å². The van der Waals surface area contributed by atoms with E-state index in [1.54, 1.807) is 6.08 Å². The van der Waals surface area contributed by atoms with Crippen LogP contribution in [-0.2, 0) is 9.59 Å². The molecule has 1 aliphatic carbocycles. The van der Waals surface area contributed by atoms with E-state index in [2.05, 4.69) is 11.9 Å². The molecule has 0 aliphatic heterocycles. The molecule has 0 aromatic carbocycles. The molecule has 0 radical (unpaired) electrons. The summed E-state index contributed by atoms with van der Waals surface area (Å²) < 4.78 is 0. The smallest absolute Gasteiger partial charge is 0.307 e. The zero-order chi connectivity index (χ0) is 12.3. The van der Waals surface area contributed by atoms with Gasteiger partial charge in [-0.05, 0) is 25.7 Å². The van der Waals surface area contributed by atoms with E-state index >= 15 is 0 Å². The minimum Gasteiger partial charge on any atom is -0.481 e. The molecule has 1 aliphatic rings. The molecule has 4 nitrogen and oxygen atoms in total. The second-order valence-corrected chi connectivity index (χ2v) is 4.66. The van der Waals surface area contributed by atoms with Gasteiger partial charge in [0.05, 0.1) is 11.8 Å². The van der Waals surface area contributed by atoms with Crippen molar-refractivity contribution in [3.63, 3.8) is 0 Å². The summed E-state index contributed by atoms with van der Waals surface area (Å²) >= 11 is 0. The first-order chi connectivity index (χ1) is 7.45. The van der Waals surface area contributed by atoms with Crippen molar-refractivity contribution in [2.45, 2.75) is 32.7 Å². The zero-order valence-corrected chi connectivity index (χ0v) is 9.77. The van der Waals surface area contributed by atoms with Crippen LogP contribution in [0, 0.1) is 17.8 Å². The van der Waals surface area contributed by atoms with Crippen molar-refractivity contribution < 1.29 is 14.7 Å². The van der Waals surface area contributed by atoms with Gasteiger partial charge in [-0.1, -0.05) is 13.0 Å². The van der Waals surface area contributed by atoms with Crippen molar-refractivity contribution in [2.75, 3.05) is 0 Å². The van der Waals surface area contributed by atoms with Gasteiger partial charge in [0.2, 0.25) is 5.91 Å². The Bertz CT molecular complexity index is 301. The number of carbonyl (C=O) groups excluding carboxylic acids is 1. The lowest BCUT2D eigenvalue weighted by Crippen LogP contribution is -2.39. The summed E-state index contributed by atoms with van der Waals surface area (Å²) in [5.41, 5.74) is 0. The van der Waals surface area contributed by atoms with Crippen molar-refractivity contribution in [1.82, 2.24) is 5.32 Å². The van der Waals surface area contributed by atoms with Gasteiger partial charge >= 0.3 is 5.97 Å². The fourth-order valence-corrected chi connectivity index (χ4v) is 2.24. The molecule has 4 heteroatoms.